The van der Waals surface area contributed by atoms with Crippen molar-refractivity contribution in [1.82, 2.24) is 0 Å². The van der Waals surface area contributed by atoms with Gasteiger partial charge in [0.1, 0.15) is 13.2 Å². The highest BCUT2D eigenvalue weighted by Gasteiger charge is 2.19. The minimum Gasteiger partial charge on any atom is -0.462 e. The number of unbranched alkanes of at least 4 members (excludes halogenated alkanes) is 21. The molecule has 296 valence electrons. The van der Waals surface area contributed by atoms with Crippen molar-refractivity contribution in [2.45, 2.75) is 219 Å². The first kappa shape index (κ1) is 48.6. The molecule has 0 saturated heterocycles. The van der Waals surface area contributed by atoms with Gasteiger partial charge in [-0.1, -0.05) is 160 Å². The van der Waals surface area contributed by atoms with Crippen molar-refractivity contribution in [2.75, 3.05) is 13.2 Å². The van der Waals surface area contributed by atoms with Crippen LogP contribution in [0.4, 0.5) is 0 Å². The van der Waals surface area contributed by atoms with Crippen LogP contribution >= 0.6 is 0 Å². The van der Waals surface area contributed by atoms with E-state index in [1.54, 1.807) is 0 Å². The zero-order chi connectivity index (χ0) is 37.3. The van der Waals surface area contributed by atoms with Gasteiger partial charge in [0.15, 0.2) is 6.10 Å². The second-order valence-electron chi connectivity index (χ2n) is 14.3. The standard InChI is InChI=1S/C45H80O6/c1-4-7-10-13-16-18-20-21-22-23-24-26-27-29-32-35-38-44(47)50-41-42(40-49-43(46)37-34-31-15-12-9-6-3)51-45(48)39-36-33-30-28-25-19-17-14-11-8-5-2/h14,17-18,20,22-23,42H,4-13,15-16,19,21,24-41H2,1-3H3/b17-14-,20-18-,23-22-. The van der Waals surface area contributed by atoms with Gasteiger partial charge < -0.3 is 14.2 Å². The van der Waals surface area contributed by atoms with Gasteiger partial charge in [-0.15, -0.1) is 0 Å². The highest BCUT2D eigenvalue weighted by atomic mass is 16.6. The molecule has 0 saturated carbocycles. The Bertz CT molecular complexity index is 876. The predicted octanol–water partition coefficient (Wildman–Crippen LogP) is 13.4. The summed E-state index contributed by atoms with van der Waals surface area (Å²) in [6, 6.07) is 0. The summed E-state index contributed by atoms with van der Waals surface area (Å²) in [7, 11) is 0. The van der Waals surface area contributed by atoms with E-state index < -0.39 is 6.10 Å². The summed E-state index contributed by atoms with van der Waals surface area (Å²) in [6.45, 7) is 6.49. The van der Waals surface area contributed by atoms with Crippen molar-refractivity contribution in [3.63, 3.8) is 0 Å². The first-order chi connectivity index (χ1) is 25.0. The van der Waals surface area contributed by atoms with Crippen LogP contribution in [0.3, 0.4) is 0 Å². The van der Waals surface area contributed by atoms with Crippen molar-refractivity contribution < 1.29 is 28.6 Å². The van der Waals surface area contributed by atoms with Gasteiger partial charge in [-0.3, -0.25) is 14.4 Å². The van der Waals surface area contributed by atoms with Crippen LogP contribution < -0.4 is 0 Å². The third kappa shape index (κ3) is 38.7. The monoisotopic (exact) mass is 717 g/mol. The SMILES string of the molecule is CCCC/C=C\CCCCCCCC(=O)OC(COC(=O)CCCCCCCC)COC(=O)CCCCCCC/C=C\C/C=C\CCCCCC. The van der Waals surface area contributed by atoms with Gasteiger partial charge in [-0.05, 0) is 70.6 Å². The van der Waals surface area contributed by atoms with E-state index in [0.717, 1.165) is 89.9 Å². The molecule has 0 radical (unpaired) electrons. The normalized spacial score (nSPS) is 12.3. The average molecular weight is 717 g/mol. The van der Waals surface area contributed by atoms with E-state index >= 15 is 0 Å². The molecule has 0 heterocycles. The number of allylic oxidation sites excluding steroid dienone is 6. The summed E-state index contributed by atoms with van der Waals surface area (Å²) in [6.07, 6.45) is 44.3. The van der Waals surface area contributed by atoms with Crippen LogP contribution in [0.15, 0.2) is 36.5 Å². The van der Waals surface area contributed by atoms with Crippen molar-refractivity contribution in [2.24, 2.45) is 0 Å². The Hall–Kier alpha value is -2.37. The molecule has 0 aromatic rings. The minimum absolute atomic E-state index is 0.0801. The number of esters is 3. The van der Waals surface area contributed by atoms with Crippen molar-refractivity contribution in [3.8, 4) is 0 Å². The van der Waals surface area contributed by atoms with Crippen LogP contribution in [0.25, 0.3) is 0 Å². The maximum Gasteiger partial charge on any atom is 0.306 e. The van der Waals surface area contributed by atoms with Crippen molar-refractivity contribution >= 4 is 17.9 Å². The smallest absolute Gasteiger partial charge is 0.306 e. The Morgan fingerprint density at radius 3 is 1.18 bits per heavy atom. The van der Waals surface area contributed by atoms with Gasteiger partial charge in [0.2, 0.25) is 0 Å². The van der Waals surface area contributed by atoms with Gasteiger partial charge in [0.25, 0.3) is 0 Å². The lowest BCUT2D eigenvalue weighted by Gasteiger charge is -2.18. The summed E-state index contributed by atoms with van der Waals surface area (Å²) in [5.74, 6) is -0.916. The number of carbonyl (C=O) groups excluding carboxylic acids is 3. The second-order valence-corrected chi connectivity index (χ2v) is 14.3. The van der Waals surface area contributed by atoms with E-state index in [9.17, 15) is 14.4 Å². The molecule has 1 unspecified atom stereocenters. The molecule has 0 aromatic carbocycles. The summed E-state index contributed by atoms with van der Waals surface area (Å²) < 4.78 is 16.6. The zero-order valence-electron chi connectivity index (χ0n) is 33.6. The van der Waals surface area contributed by atoms with Gasteiger partial charge >= 0.3 is 17.9 Å². The fourth-order valence-corrected chi connectivity index (χ4v) is 5.80. The van der Waals surface area contributed by atoms with Gasteiger partial charge in [0.05, 0.1) is 0 Å². The first-order valence-electron chi connectivity index (χ1n) is 21.5. The molecular formula is C45H80O6. The van der Waals surface area contributed by atoms with Crippen LogP contribution in [0.1, 0.15) is 213 Å². The van der Waals surface area contributed by atoms with Gasteiger partial charge in [-0.25, -0.2) is 0 Å². The van der Waals surface area contributed by atoms with E-state index in [-0.39, 0.29) is 31.1 Å². The molecule has 0 aliphatic rings. The lowest BCUT2D eigenvalue weighted by atomic mass is 10.1. The number of ether oxygens (including phenoxy) is 3. The Balaban J connectivity index is 4.30. The molecule has 0 amide bonds. The Morgan fingerprint density at radius 1 is 0.392 bits per heavy atom. The van der Waals surface area contributed by atoms with Gasteiger partial charge in [0, 0.05) is 19.3 Å². The Kier molecular flexibility index (Phi) is 38.5. The molecule has 0 aromatic heterocycles. The van der Waals surface area contributed by atoms with E-state index in [1.807, 2.05) is 0 Å². The van der Waals surface area contributed by atoms with E-state index in [4.69, 9.17) is 14.2 Å². The number of rotatable bonds is 38. The molecule has 0 aliphatic heterocycles. The highest BCUT2D eigenvalue weighted by molar-refractivity contribution is 5.71. The van der Waals surface area contributed by atoms with Crippen LogP contribution in [-0.4, -0.2) is 37.2 Å². The third-order valence-corrected chi connectivity index (χ3v) is 9.12. The van der Waals surface area contributed by atoms with E-state index in [2.05, 4.69) is 57.2 Å². The molecule has 0 spiro atoms. The minimum atomic E-state index is -0.774. The van der Waals surface area contributed by atoms with Crippen LogP contribution in [0, 0.1) is 0 Å². The molecule has 1 atom stereocenters. The van der Waals surface area contributed by atoms with Gasteiger partial charge in [-0.2, -0.15) is 0 Å². The molecule has 0 aliphatic carbocycles. The number of carbonyl (C=O) groups is 3. The summed E-state index contributed by atoms with van der Waals surface area (Å²) in [4.78, 5) is 37.4. The summed E-state index contributed by atoms with van der Waals surface area (Å²) in [5.41, 5.74) is 0. The molecule has 0 bridgehead atoms. The van der Waals surface area contributed by atoms with Crippen LogP contribution in [-0.2, 0) is 28.6 Å². The molecular weight excluding hydrogens is 636 g/mol. The van der Waals surface area contributed by atoms with Crippen LogP contribution in [0.2, 0.25) is 0 Å². The average Bonchev–Trinajstić information content (AvgIpc) is 3.13. The summed E-state index contributed by atoms with van der Waals surface area (Å²) in [5, 5.41) is 0. The summed E-state index contributed by atoms with van der Waals surface area (Å²) >= 11 is 0. The topological polar surface area (TPSA) is 78.9 Å². The molecule has 0 N–H and O–H groups in total. The Labute approximate surface area is 315 Å². The molecule has 0 fully saturated rings. The maximum absolute atomic E-state index is 12.6. The fraction of sp³-hybridized carbons (Fsp3) is 0.800. The zero-order valence-corrected chi connectivity index (χ0v) is 33.6. The molecule has 51 heavy (non-hydrogen) atoms. The predicted molar refractivity (Wildman–Crippen MR) is 215 cm³/mol. The van der Waals surface area contributed by atoms with Crippen molar-refractivity contribution in [3.05, 3.63) is 36.5 Å². The lowest BCUT2D eigenvalue weighted by Crippen LogP contribution is -2.30. The van der Waals surface area contributed by atoms with E-state index in [1.165, 1.54) is 83.5 Å². The molecule has 6 heteroatoms. The number of hydrogen-bond donors (Lipinski definition) is 0. The lowest BCUT2D eigenvalue weighted by molar-refractivity contribution is -0.167. The second kappa shape index (κ2) is 40.4. The Morgan fingerprint density at radius 2 is 0.725 bits per heavy atom. The largest absolute Gasteiger partial charge is 0.462 e. The molecule has 0 rings (SSSR count). The highest BCUT2D eigenvalue weighted by Crippen LogP contribution is 2.13. The maximum atomic E-state index is 12.6. The first-order valence-corrected chi connectivity index (χ1v) is 21.5. The molecule has 6 nitrogen and oxygen atoms in total. The van der Waals surface area contributed by atoms with E-state index in [0.29, 0.717) is 19.3 Å². The quantitative estimate of drug-likeness (QED) is 0.0274. The van der Waals surface area contributed by atoms with Crippen molar-refractivity contribution in [1.29, 1.82) is 0 Å². The van der Waals surface area contributed by atoms with Crippen LogP contribution in [0.5, 0.6) is 0 Å². The third-order valence-electron chi connectivity index (χ3n) is 9.12. The number of hydrogen-bond acceptors (Lipinski definition) is 6. The fourth-order valence-electron chi connectivity index (χ4n) is 5.80.